The Hall–Kier alpha value is -2.01. The number of carbonyl (C=O) groups excluding carboxylic acids is 1. The Morgan fingerprint density at radius 1 is 1.38 bits per heavy atom. The molecule has 1 aromatic rings. The Morgan fingerprint density at radius 2 is 2.10 bits per heavy atom. The average molecular weight is 292 g/mol. The molecule has 21 heavy (non-hydrogen) atoms. The second-order valence-electron chi connectivity index (χ2n) is 5.06. The number of esters is 1. The van der Waals surface area contributed by atoms with Gasteiger partial charge in [0.15, 0.2) is 0 Å². The van der Waals surface area contributed by atoms with Gasteiger partial charge in [-0.25, -0.2) is 4.79 Å². The zero-order chi connectivity index (χ0) is 15.6. The summed E-state index contributed by atoms with van der Waals surface area (Å²) in [6.07, 6.45) is 1.24. The molecule has 5 heteroatoms. The number of allylic oxidation sites excluding steroid dienone is 1. The van der Waals surface area contributed by atoms with Gasteiger partial charge in [0, 0.05) is 12.7 Å². The lowest BCUT2D eigenvalue weighted by Crippen LogP contribution is -2.04. The smallest absolute Gasteiger partial charge is 0.341 e. The van der Waals surface area contributed by atoms with Crippen LogP contribution in [0.1, 0.15) is 41.6 Å². The molecule has 114 valence electrons. The third kappa shape index (κ3) is 2.88. The molecule has 1 aromatic carbocycles. The Kier molecular flexibility index (Phi) is 4.53. The number of hydrogen-bond donors (Lipinski definition) is 0. The maximum atomic E-state index is 11.9. The summed E-state index contributed by atoms with van der Waals surface area (Å²) in [7, 11) is 3.04. The molecule has 0 saturated carbocycles. The summed E-state index contributed by atoms with van der Waals surface area (Å²) >= 11 is 0. The van der Waals surface area contributed by atoms with E-state index in [1.807, 2.05) is 26.8 Å². The highest BCUT2D eigenvalue weighted by Crippen LogP contribution is 2.43. The van der Waals surface area contributed by atoms with Crippen LogP contribution in [-0.4, -0.2) is 26.8 Å². The van der Waals surface area contributed by atoms with E-state index >= 15 is 0 Å². The Morgan fingerprint density at radius 3 is 2.67 bits per heavy atom. The van der Waals surface area contributed by atoms with Gasteiger partial charge in [-0.1, -0.05) is 5.57 Å². The second-order valence-corrected chi connectivity index (χ2v) is 5.06. The summed E-state index contributed by atoms with van der Waals surface area (Å²) in [6.45, 7) is 6.32. The van der Waals surface area contributed by atoms with E-state index in [9.17, 15) is 4.79 Å². The number of methoxy groups -OCH3 is 2. The van der Waals surface area contributed by atoms with Crippen LogP contribution in [0.15, 0.2) is 17.7 Å². The first-order chi connectivity index (χ1) is 9.99. The first-order valence-electron chi connectivity index (χ1n) is 6.71. The number of cyclic esters (lactones) is 1. The molecule has 0 unspecified atom stereocenters. The average Bonchev–Trinajstić information content (AvgIpc) is 2.75. The van der Waals surface area contributed by atoms with Crippen molar-refractivity contribution in [3.63, 3.8) is 0 Å². The lowest BCUT2D eigenvalue weighted by atomic mass is 10.0. The van der Waals surface area contributed by atoms with Gasteiger partial charge in [-0.15, -0.1) is 0 Å². The minimum absolute atomic E-state index is 0.427. The minimum Gasteiger partial charge on any atom is -0.496 e. The van der Waals surface area contributed by atoms with Crippen molar-refractivity contribution in [1.29, 1.82) is 0 Å². The van der Waals surface area contributed by atoms with Crippen molar-refractivity contribution in [3.8, 4) is 11.5 Å². The van der Waals surface area contributed by atoms with Crippen LogP contribution in [0.4, 0.5) is 0 Å². The van der Waals surface area contributed by atoms with E-state index in [0.29, 0.717) is 29.2 Å². The standard InChI is InChI=1S/C16H20O5/c1-9(2)6-7-20-12-8-11-13(14(18-4)10(12)3)16(19-5)21-15(11)17/h6,8,16H,7H2,1-5H3/t16-/m1/s1. The first kappa shape index (κ1) is 15.4. The van der Waals surface area contributed by atoms with Gasteiger partial charge in [0.1, 0.15) is 18.1 Å². The fraction of sp³-hybridized carbons (Fsp3) is 0.438. The van der Waals surface area contributed by atoms with Crippen LogP contribution < -0.4 is 9.47 Å². The molecule has 0 saturated heterocycles. The third-order valence-electron chi connectivity index (χ3n) is 3.34. The predicted molar refractivity (Wildman–Crippen MR) is 77.8 cm³/mol. The van der Waals surface area contributed by atoms with Gasteiger partial charge < -0.3 is 18.9 Å². The molecular weight excluding hydrogens is 272 g/mol. The van der Waals surface area contributed by atoms with Gasteiger partial charge in [-0.3, -0.25) is 0 Å². The number of benzene rings is 1. The molecule has 1 aliphatic rings. The fourth-order valence-corrected chi connectivity index (χ4v) is 2.25. The molecule has 0 amide bonds. The Bertz CT molecular complexity index is 585. The largest absolute Gasteiger partial charge is 0.496 e. The zero-order valence-electron chi connectivity index (χ0n) is 13.0. The highest BCUT2D eigenvalue weighted by atomic mass is 16.7. The second kappa shape index (κ2) is 6.18. The summed E-state index contributed by atoms with van der Waals surface area (Å²) in [5.74, 6) is 0.747. The molecule has 1 heterocycles. The topological polar surface area (TPSA) is 54.0 Å². The number of carbonyl (C=O) groups is 1. The van der Waals surface area contributed by atoms with Crippen molar-refractivity contribution in [3.05, 3.63) is 34.4 Å². The zero-order valence-corrected chi connectivity index (χ0v) is 13.0. The molecule has 0 bridgehead atoms. The molecule has 1 aliphatic heterocycles. The van der Waals surface area contributed by atoms with Crippen molar-refractivity contribution < 1.29 is 23.7 Å². The molecule has 0 aromatic heterocycles. The Labute approximate surface area is 124 Å². The van der Waals surface area contributed by atoms with Crippen molar-refractivity contribution >= 4 is 5.97 Å². The molecule has 0 radical (unpaired) electrons. The number of ether oxygens (including phenoxy) is 4. The van der Waals surface area contributed by atoms with Crippen molar-refractivity contribution in [2.24, 2.45) is 0 Å². The fourth-order valence-electron chi connectivity index (χ4n) is 2.25. The minimum atomic E-state index is -0.729. The summed E-state index contributed by atoms with van der Waals surface area (Å²) in [4.78, 5) is 11.9. The van der Waals surface area contributed by atoms with Crippen molar-refractivity contribution in [2.75, 3.05) is 20.8 Å². The summed E-state index contributed by atoms with van der Waals surface area (Å²) < 4.78 is 21.5. The summed E-state index contributed by atoms with van der Waals surface area (Å²) in [6, 6.07) is 1.69. The van der Waals surface area contributed by atoms with E-state index in [2.05, 4.69) is 0 Å². The quantitative estimate of drug-likeness (QED) is 0.616. The lowest BCUT2D eigenvalue weighted by molar-refractivity contribution is -0.0823. The van der Waals surface area contributed by atoms with Crippen LogP contribution in [-0.2, 0) is 9.47 Å². The van der Waals surface area contributed by atoms with Crippen LogP contribution in [0.25, 0.3) is 0 Å². The molecular formula is C16H20O5. The van der Waals surface area contributed by atoms with Gasteiger partial charge in [0.2, 0.25) is 6.29 Å². The highest BCUT2D eigenvalue weighted by molar-refractivity contribution is 5.95. The number of rotatable bonds is 5. The van der Waals surface area contributed by atoms with Crippen LogP contribution in [0.2, 0.25) is 0 Å². The van der Waals surface area contributed by atoms with Crippen molar-refractivity contribution in [2.45, 2.75) is 27.1 Å². The van der Waals surface area contributed by atoms with Crippen LogP contribution in [0.5, 0.6) is 11.5 Å². The van der Waals surface area contributed by atoms with E-state index in [0.717, 1.165) is 5.56 Å². The number of fused-ring (bicyclic) bond motifs is 1. The molecule has 5 nitrogen and oxygen atoms in total. The normalized spacial score (nSPS) is 16.2. The van der Waals surface area contributed by atoms with E-state index in [1.165, 1.54) is 12.7 Å². The maximum absolute atomic E-state index is 11.9. The van der Waals surface area contributed by atoms with Crippen LogP contribution >= 0.6 is 0 Å². The van der Waals surface area contributed by atoms with Gasteiger partial charge in [0.25, 0.3) is 0 Å². The number of hydrogen-bond acceptors (Lipinski definition) is 5. The van der Waals surface area contributed by atoms with E-state index in [4.69, 9.17) is 18.9 Å². The van der Waals surface area contributed by atoms with Crippen molar-refractivity contribution in [1.82, 2.24) is 0 Å². The van der Waals surface area contributed by atoms with Gasteiger partial charge in [-0.2, -0.15) is 0 Å². The lowest BCUT2D eigenvalue weighted by Gasteiger charge is -2.16. The van der Waals surface area contributed by atoms with Gasteiger partial charge in [0.05, 0.1) is 18.2 Å². The van der Waals surface area contributed by atoms with Gasteiger partial charge >= 0.3 is 5.97 Å². The monoisotopic (exact) mass is 292 g/mol. The summed E-state index contributed by atoms with van der Waals surface area (Å²) in [5, 5.41) is 0. The Balaban J connectivity index is 2.44. The van der Waals surface area contributed by atoms with E-state index < -0.39 is 12.3 Å². The molecule has 0 fully saturated rings. The first-order valence-corrected chi connectivity index (χ1v) is 6.71. The maximum Gasteiger partial charge on any atom is 0.341 e. The molecule has 0 spiro atoms. The van der Waals surface area contributed by atoms with E-state index in [-0.39, 0.29) is 0 Å². The molecule has 0 N–H and O–H groups in total. The van der Waals surface area contributed by atoms with Gasteiger partial charge in [-0.05, 0) is 32.9 Å². The summed E-state index contributed by atoms with van der Waals surface area (Å²) in [5.41, 5.74) is 3.03. The SMILES string of the molecule is COc1c(C)c(OCC=C(C)C)cc2c1[C@H](OC)OC2=O. The molecule has 1 atom stereocenters. The van der Waals surface area contributed by atoms with E-state index in [1.54, 1.807) is 13.2 Å². The predicted octanol–water partition coefficient (Wildman–Crippen LogP) is 3.16. The highest BCUT2D eigenvalue weighted by Gasteiger charge is 2.36. The molecule has 0 aliphatic carbocycles. The molecule has 2 rings (SSSR count). The van der Waals surface area contributed by atoms with Crippen LogP contribution in [0.3, 0.4) is 0 Å². The van der Waals surface area contributed by atoms with Crippen LogP contribution in [0, 0.1) is 6.92 Å². The third-order valence-corrected chi connectivity index (χ3v) is 3.34.